The summed E-state index contributed by atoms with van der Waals surface area (Å²) < 4.78 is 1.81. The molecule has 1 heterocycles. The summed E-state index contributed by atoms with van der Waals surface area (Å²) in [5.74, 6) is -0.0473. The first-order valence-electron chi connectivity index (χ1n) is 9.53. The topological polar surface area (TPSA) is 135 Å². The average Bonchev–Trinajstić information content (AvgIpc) is 3.05. The lowest BCUT2D eigenvalue weighted by atomic mass is 10.0. The number of hydrogen-bond acceptors (Lipinski definition) is 5. The zero-order valence-corrected chi connectivity index (χ0v) is 18.2. The molecule has 29 heavy (non-hydrogen) atoms. The van der Waals surface area contributed by atoms with Gasteiger partial charge in [0.2, 0.25) is 5.91 Å². The number of hydrogen-bond donors (Lipinski definition) is 4. The van der Waals surface area contributed by atoms with Crippen LogP contribution in [0, 0.1) is 10.8 Å². The highest BCUT2D eigenvalue weighted by molar-refractivity contribution is 5.97. The second-order valence-corrected chi connectivity index (χ2v) is 6.60. The molecule has 1 aromatic heterocycles. The molecule has 0 aliphatic heterocycles. The van der Waals surface area contributed by atoms with Gasteiger partial charge in [0.15, 0.2) is 0 Å². The zero-order valence-electron chi connectivity index (χ0n) is 18.2. The Labute approximate surface area is 173 Å². The van der Waals surface area contributed by atoms with Crippen molar-refractivity contribution in [3.63, 3.8) is 0 Å². The van der Waals surface area contributed by atoms with E-state index in [1.54, 1.807) is 13.0 Å². The standard InChI is InChI=1S/C17H22N6O.C5H12/c1-10(5-6-18)15-9-23(4)17(22-15)12(3)13(8-19)14(20)7-11(2)16(21)24;1-3-5-4-2/h5-9,18-19H,2,20H2,1,3-4H3,(H2,21,24);3-5H2,1-2H3/b10-5+,13-12+,14-7+,18-6?,19-8?;. The van der Waals surface area contributed by atoms with E-state index in [1.807, 2.05) is 24.7 Å². The minimum atomic E-state index is -0.674. The lowest BCUT2D eigenvalue weighted by Gasteiger charge is -2.09. The van der Waals surface area contributed by atoms with E-state index in [-0.39, 0.29) is 11.3 Å². The van der Waals surface area contributed by atoms with Crippen LogP contribution in [-0.2, 0) is 11.8 Å². The Morgan fingerprint density at radius 2 is 1.83 bits per heavy atom. The number of imidazole rings is 1. The van der Waals surface area contributed by atoms with Crippen LogP contribution in [0.4, 0.5) is 0 Å². The molecule has 7 nitrogen and oxygen atoms in total. The molecule has 0 radical (unpaired) electrons. The Bertz CT molecular complexity index is 837. The van der Waals surface area contributed by atoms with Crippen molar-refractivity contribution in [3.8, 4) is 0 Å². The summed E-state index contributed by atoms with van der Waals surface area (Å²) in [6, 6.07) is 0. The van der Waals surface area contributed by atoms with E-state index >= 15 is 0 Å². The molecule has 0 fully saturated rings. The van der Waals surface area contributed by atoms with Gasteiger partial charge in [-0.15, -0.1) is 0 Å². The fourth-order valence-corrected chi connectivity index (χ4v) is 2.43. The maximum atomic E-state index is 11.1. The first-order chi connectivity index (χ1) is 13.6. The second kappa shape index (κ2) is 13.0. The highest BCUT2D eigenvalue weighted by Crippen LogP contribution is 2.22. The normalized spacial score (nSPS) is 12.4. The predicted molar refractivity (Wildman–Crippen MR) is 123 cm³/mol. The number of aryl methyl sites for hydroxylation is 1. The van der Waals surface area contributed by atoms with Crippen LogP contribution in [0.5, 0.6) is 0 Å². The Morgan fingerprint density at radius 1 is 1.24 bits per heavy atom. The van der Waals surface area contributed by atoms with Gasteiger partial charge in [-0.2, -0.15) is 0 Å². The minimum absolute atomic E-state index is 0.0601. The number of aromatic nitrogens is 2. The lowest BCUT2D eigenvalue weighted by molar-refractivity contribution is -0.114. The van der Waals surface area contributed by atoms with Crippen molar-refractivity contribution < 1.29 is 4.79 Å². The third-order valence-corrected chi connectivity index (χ3v) is 4.16. The van der Waals surface area contributed by atoms with Gasteiger partial charge in [-0.1, -0.05) is 39.7 Å². The maximum Gasteiger partial charge on any atom is 0.248 e. The summed E-state index contributed by atoms with van der Waals surface area (Å²) in [5.41, 5.74) is 14.1. The molecule has 0 saturated carbocycles. The predicted octanol–water partition coefficient (Wildman–Crippen LogP) is 3.98. The number of nitrogens with zero attached hydrogens (tertiary/aromatic N) is 2. The number of carbonyl (C=O) groups is 1. The van der Waals surface area contributed by atoms with Crippen LogP contribution in [0.15, 0.2) is 41.8 Å². The lowest BCUT2D eigenvalue weighted by Crippen LogP contribution is -2.14. The zero-order chi connectivity index (χ0) is 22.6. The highest BCUT2D eigenvalue weighted by atomic mass is 16.1. The van der Waals surface area contributed by atoms with Crippen molar-refractivity contribution in [2.75, 3.05) is 0 Å². The van der Waals surface area contributed by atoms with Gasteiger partial charge in [-0.25, -0.2) is 4.98 Å². The molecule has 0 aromatic carbocycles. The number of primary amides is 1. The van der Waals surface area contributed by atoms with E-state index in [0.717, 1.165) is 17.5 Å². The third kappa shape index (κ3) is 8.13. The van der Waals surface area contributed by atoms with Crippen LogP contribution in [0.1, 0.15) is 58.5 Å². The number of unbranched alkanes of at least 4 members (excludes halogenated alkanes) is 2. The van der Waals surface area contributed by atoms with Crippen LogP contribution in [0.25, 0.3) is 11.1 Å². The summed E-state index contributed by atoms with van der Waals surface area (Å²) in [7, 11) is 1.83. The van der Waals surface area contributed by atoms with Gasteiger partial charge < -0.3 is 26.9 Å². The molecule has 7 heteroatoms. The number of carbonyl (C=O) groups excluding carboxylic acids is 1. The Kier molecular flexibility index (Phi) is 11.6. The van der Waals surface area contributed by atoms with E-state index in [1.165, 1.54) is 31.6 Å². The molecule has 6 N–H and O–H groups in total. The van der Waals surface area contributed by atoms with Gasteiger partial charge in [-0.05, 0) is 31.6 Å². The van der Waals surface area contributed by atoms with E-state index in [9.17, 15) is 4.79 Å². The third-order valence-electron chi connectivity index (χ3n) is 4.16. The van der Waals surface area contributed by atoms with Crippen LogP contribution in [0.3, 0.4) is 0 Å². The first-order valence-corrected chi connectivity index (χ1v) is 9.53. The van der Waals surface area contributed by atoms with Crippen LogP contribution >= 0.6 is 0 Å². The summed E-state index contributed by atoms with van der Waals surface area (Å²) in [6.45, 7) is 11.6. The summed E-state index contributed by atoms with van der Waals surface area (Å²) in [5, 5.41) is 14.8. The van der Waals surface area contributed by atoms with Gasteiger partial charge in [0.25, 0.3) is 0 Å². The smallest absolute Gasteiger partial charge is 0.248 e. The fourth-order valence-electron chi connectivity index (χ4n) is 2.43. The maximum absolute atomic E-state index is 11.1. The van der Waals surface area contributed by atoms with Crippen molar-refractivity contribution >= 4 is 29.5 Å². The molecular formula is C22H34N6O. The second-order valence-electron chi connectivity index (χ2n) is 6.60. The Morgan fingerprint density at radius 3 is 2.24 bits per heavy atom. The largest absolute Gasteiger partial charge is 0.398 e. The van der Waals surface area contributed by atoms with Crippen LogP contribution in [-0.4, -0.2) is 27.9 Å². The molecule has 0 aliphatic rings. The Hall–Kier alpha value is -3.22. The summed E-state index contributed by atoms with van der Waals surface area (Å²) in [4.78, 5) is 15.6. The molecule has 1 amide bonds. The summed E-state index contributed by atoms with van der Waals surface area (Å²) in [6.07, 6.45) is 11.2. The molecular weight excluding hydrogens is 364 g/mol. The molecule has 0 atom stereocenters. The average molecular weight is 399 g/mol. The number of amides is 1. The van der Waals surface area contributed by atoms with Crippen LogP contribution < -0.4 is 11.5 Å². The van der Waals surface area contributed by atoms with E-state index in [2.05, 4.69) is 25.4 Å². The number of nitrogens with two attached hydrogens (primary N) is 2. The molecule has 1 aromatic rings. The first kappa shape index (κ1) is 25.8. The van der Waals surface area contributed by atoms with Crippen molar-refractivity contribution in [1.29, 1.82) is 10.8 Å². The highest BCUT2D eigenvalue weighted by Gasteiger charge is 2.13. The molecule has 0 saturated heterocycles. The van der Waals surface area contributed by atoms with Crippen molar-refractivity contribution in [1.82, 2.24) is 9.55 Å². The van der Waals surface area contributed by atoms with E-state index in [0.29, 0.717) is 17.0 Å². The SMILES string of the molecule is C=C(/C=C(N)\C(C=N)=C(/C)c1nc(/C(C)=C/C=N)cn1C)C(N)=O.CCCCC. The molecule has 158 valence electrons. The van der Waals surface area contributed by atoms with Crippen molar-refractivity contribution in [2.45, 2.75) is 47.0 Å². The van der Waals surface area contributed by atoms with Crippen molar-refractivity contribution in [3.05, 3.63) is 53.3 Å². The number of nitrogens with one attached hydrogen (secondary N) is 2. The van der Waals surface area contributed by atoms with Crippen molar-refractivity contribution in [2.24, 2.45) is 18.5 Å². The number of rotatable bonds is 9. The minimum Gasteiger partial charge on any atom is -0.398 e. The molecule has 1 rings (SSSR count). The quantitative estimate of drug-likeness (QED) is 0.285. The fraction of sp³-hybridized carbons (Fsp3) is 0.364. The van der Waals surface area contributed by atoms with E-state index in [4.69, 9.17) is 22.3 Å². The van der Waals surface area contributed by atoms with E-state index < -0.39 is 5.91 Å². The monoisotopic (exact) mass is 398 g/mol. The molecule has 0 aliphatic carbocycles. The van der Waals surface area contributed by atoms with Gasteiger partial charge in [0.1, 0.15) is 5.82 Å². The van der Waals surface area contributed by atoms with Gasteiger partial charge in [0, 0.05) is 48.1 Å². The van der Waals surface area contributed by atoms with Gasteiger partial charge in [0.05, 0.1) is 5.69 Å². The van der Waals surface area contributed by atoms with Gasteiger partial charge >= 0.3 is 0 Å². The molecule has 0 unspecified atom stereocenters. The Balaban J connectivity index is 0.00000139. The molecule has 0 bridgehead atoms. The van der Waals surface area contributed by atoms with Gasteiger partial charge in [-0.3, -0.25) is 4.79 Å². The van der Waals surface area contributed by atoms with Crippen LogP contribution in [0.2, 0.25) is 0 Å². The molecule has 0 spiro atoms. The number of allylic oxidation sites excluding steroid dienone is 4. The summed E-state index contributed by atoms with van der Waals surface area (Å²) >= 11 is 0.